The second kappa shape index (κ2) is 7.24. The smallest absolute Gasteiger partial charge is 0.277 e. The highest BCUT2D eigenvalue weighted by Crippen LogP contribution is 2.28. The summed E-state index contributed by atoms with van der Waals surface area (Å²) in [5.41, 5.74) is 2.48. The number of fused-ring (bicyclic) bond motifs is 2. The number of hydrogen-bond donors (Lipinski definition) is 1. The molecule has 0 bridgehead atoms. The van der Waals surface area contributed by atoms with Crippen LogP contribution in [0.2, 0.25) is 0 Å². The van der Waals surface area contributed by atoms with E-state index in [1.165, 1.54) is 15.1 Å². The molecule has 0 spiro atoms. The highest BCUT2D eigenvalue weighted by molar-refractivity contribution is 7.88. The number of piperidine rings is 1. The third-order valence-electron chi connectivity index (χ3n) is 5.88. The zero-order chi connectivity index (χ0) is 20.9. The predicted octanol–water partition coefficient (Wildman–Crippen LogP) is 0.702. The van der Waals surface area contributed by atoms with Crippen molar-refractivity contribution in [1.29, 1.82) is 0 Å². The van der Waals surface area contributed by atoms with Gasteiger partial charge in [-0.15, -0.1) is 0 Å². The van der Waals surface area contributed by atoms with Crippen molar-refractivity contribution in [2.24, 2.45) is 5.92 Å². The minimum absolute atomic E-state index is 0.00406. The SMILES string of the molecule is CC(C)C(=O)N1CCc2nc3cc([C@@H]4CCCN(S(C)(=O)=O)C4)[nH]n3c(=O)c2C1. The fourth-order valence-electron chi connectivity index (χ4n) is 4.26. The van der Waals surface area contributed by atoms with E-state index in [1.807, 2.05) is 19.9 Å². The van der Waals surface area contributed by atoms with E-state index >= 15 is 0 Å². The monoisotopic (exact) mass is 421 g/mol. The fourth-order valence-corrected chi connectivity index (χ4v) is 5.17. The molecule has 10 heteroatoms. The molecule has 0 radical (unpaired) electrons. The minimum atomic E-state index is -3.24. The first kappa shape index (κ1) is 20.1. The van der Waals surface area contributed by atoms with Crippen LogP contribution in [0.4, 0.5) is 0 Å². The molecule has 2 aromatic heterocycles. The number of H-pyrrole nitrogens is 1. The molecule has 1 saturated heterocycles. The van der Waals surface area contributed by atoms with Crippen molar-refractivity contribution in [3.63, 3.8) is 0 Å². The van der Waals surface area contributed by atoms with Gasteiger partial charge in [-0.2, -0.15) is 0 Å². The van der Waals surface area contributed by atoms with Crippen molar-refractivity contribution in [2.45, 2.75) is 45.6 Å². The van der Waals surface area contributed by atoms with Gasteiger partial charge < -0.3 is 4.90 Å². The summed E-state index contributed by atoms with van der Waals surface area (Å²) in [6.07, 6.45) is 3.42. The van der Waals surface area contributed by atoms with Gasteiger partial charge in [-0.25, -0.2) is 22.2 Å². The molecule has 1 N–H and O–H groups in total. The summed E-state index contributed by atoms with van der Waals surface area (Å²) in [6.45, 7) is 5.48. The molecule has 0 aromatic carbocycles. The summed E-state index contributed by atoms with van der Waals surface area (Å²) in [4.78, 5) is 31.8. The van der Waals surface area contributed by atoms with Crippen LogP contribution in [-0.2, 0) is 27.8 Å². The molecule has 0 aliphatic carbocycles. The number of rotatable bonds is 3. The highest BCUT2D eigenvalue weighted by atomic mass is 32.2. The average Bonchev–Trinajstić information content (AvgIpc) is 3.11. The van der Waals surface area contributed by atoms with Crippen molar-refractivity contribution < 1.29 is 13.2 Å². The number of hydrogen-bond acceptors (Lipinski definition) is 5. The van der Waals surface area contributed by atoms with Crippen LogP contribution in [0.25, 0.3) is 5.65 Å². The van der Waals surface area contributed by atoms with Crippen LogP contribution >= 0.6 is 0 Å². The Labute approximate surface area is 169 Å². The van der Waals surface area contributed by atoms with Crippen molar-refractivity contribution in [1.82, 2.24) is 23.8 Å². The van der Waals surface area contributed by atoms with Crippen molar-refractivity contribution in [2.75, 3.05) is 25.9 Å². The van der Waals surface area contributed by atoms with Crippen molar-refractivity contribution >= 4 is 21.6 Å². The number of aromatic nitrogens is 3. The third kappa shape index (κ3) is 3.71. The summed E-state index contributed by atoms with van der Waals surface area (Å²) in [7, 11) is -3.24. The van der Waals surface area contributed by atoms with E-state index in [1.54, 1.807) is 4.90 Å². The summed E-state index contributed by atoms with van der Waals surface area (Å²) in [5, 5.41) is 3.14. The maximum absolute atomic E-state index is 13.1. The first-order valence-corrected chi connectivity index (χ1v) is 11.9. The topological polar surface area (TPSA) is 108 Å². The lowest BCUT2D eigenvalue weighted by atomic mass is 9.96. The van der Waals surface area contributed by atoms with E-state index < -0.39 is 10.0 Å². The zero-order valence-electron chi connectivity index (χ0n) is 17.0. The number of nitrogens with zero attached hydrogens (tertiary/aromatic N) is 4. The Balaban J connectivity index is 1.67. The van der Waals surface area contributed by atoms with E-state index in [0.717, 1.165) is 24.2 Å². The van der Waals surface area contributed by atoms with Gasteiger partial charge in [0.2, 0.25) is 15.9 Å². The van der Waals surface area contributed by atoms with E-state index in [0.29, 0.717) is 37.3 Å². The number of amides is 1. The van der Waals surface area contributed by atoms with Crippen LogP contribution in [0.15, 0.2) is 10.9 Å². The van der Waals surface area contributed by atoms with Crippen molar-refractivity contribution in [3.05, 3.63) is 33.4 Å². The van der Waals surface area contributed by atoms with Gasteiger partial charge in [0.15, 0.2) is 5.65 Å². The summed E-state index contributed by atoms with van der Waals surface area (Å²) < 4.78 is 26.7. The molecule has 29 heavy (non-hydrogen) atoms. The number of aromatic amines is 1. The normalized spacial score (nSPS) is 21.0. The Kier molecular flexibility index (Phi) is 5.02. The van der Waals surface area contributed by atoms with Crippen LogP contribution in [0.1, 0.15) is 49.6 Å². The predicted molar refractivity (Wildman–Crippen MR) is 108 cm³/mol. The molecule has 4 rings (SSSR count). The van der Waals surface area contributed by atoms with E-state index in [4.69, 9.17) is 0 Å². The van der Waals surface area contributed by atoms with Crippen LogP contribution in [-0.4, -0.2) is 64.0 Å². The molecule has 158 valence electrons. The molecule has 0 unspecified atom stereocenters. The van der Waals surface area contributed by atoms with E-state index in [-0.39, 0.29) is 29.8 Å². The Morgan fingerprint density at radius 3 is 2.76 bits per heavy atom. The Morgan fingerprint density at radius 1 is 1.31 bits per heavy atom. The van der Waals surface area contributed by atoms with Gasteiger partial charge in [0.25, 0.3) is 5.56 Å². The van der Waals surface area contributed by atoms with Gasteiger partial charge in [0, 0.05) is 49.7 Å². The fraction of sp³-hybridized carbons (Fsp3) is 0.632. The maximum Gasteiger partial charge on any atom is 0.277 e. The number of sulfonamides is 1. The van der Waals surface area contributed by atoms with Gasteiger partial charge in [-0.3, -0.25) is 14.7 Å². The highest BCUT2D eigenvalue weighted by Gasteiger charge is 2.30. The van der Waals surface area contributed by atoms with E-state index in [9.17, 15) is 18.0 Å². The lowest BCUT2D eigenvalue weighted by Gasteiger charge is -2.30. The zero-order valence-corrected chi connectivity index (χ0v) is 17.8. The van der Waals surface area contributed by atoms with Crippen molar-refractivity contribution in [3.8, 4) is 0 Å². The van der Waals surface area contributed by atoms with Crippen LogP contribution in [0.3, 0.4) is 0 Å². The summed E-state index contributed by atoms with van der Waals surface area (Å²) in [5.74, 6) is -0.0804. The first-order valence-electron chi connectivity index (χ1n) is 10.0. The molecule has 2 aromatic rings. The molecule has 1 amide bonds. The second-order valence-electron chi connectivity index (χ2n) is 8.37. The molecule has 2 aliphatic rings. The molecular weight excluding hydrogens is 394 g/mol. The Bertz CT molecular complexity index is 1120. The number of carbonyl (C=O) groups excluding carboxylic acids is 1. The molecule has 0 saturated carbocycles. The van der Waals surface area contributed by atoms with Gasteiger partial charge >= 0.3 is 0 Å². The quantitative estimate of drug-likeness (QED) is 0.785. The van der Waals surface area contributed by atoms with Gasteiger partial charge in [0.1, 0.15) is 0 Å². The largest absolute Gasteiger partial charge is 0.337 e. The molecule has 9 nitrogen and oxygen atoms in total. The number of carbonyl (C=O) groups is 1. The summed E-state index contributed by atoms with van der Waals surface area (Å²) >= 11 is 0. The molecule has 4 heterocycles. The molecular formula is C19H27N5O4S. The second-order valence-corrected chi connectivity index (χ2v) is 10.4. The first-order chi connectivity index (χ1) is 13.6. The minimum Gasteiger partial charge on any atom is -0.337 e. The molecule has 1 atom stereocenters. The lowest BCUT2D eigenvalue weighted by Crippen LogP contribution is -2.42. The Morgan fingerprint density at radius 2 is 2.07 bits per heavy atom. The Hall–Kier alpha value is -2.20. The van der Waals surface area contributed by atoms with Gasteiger partial charge in [-0.1, -0.05) is 13.8 Å². The van der Waals surface area contributed by atoms with Gasteiger partial charge in [0.05, 0.1) is 24.1 Å². The molecule has 2 aliphatic heterocycles. The van der Waals surface area contributed by atoms with Crippen LogP contribution < -0.4 is 5.56 Å². The standard InChI is InChI=1S/C19H27N5O4S/c1-12(2)18(25)22-8-6-15-14(11-22)19(26)24-17(20-15)9-16(21-24)13-5-4-7-23(10-13)29(3,27)28/h9,12-13,21H,4-8,10-11H2,1-3H3/t13-/m1/s1. The molecule has 1 fully saturated rings. The van der Waals surface area contributed by atoms with E-state index in [2.05, 4.69) is 10.1 Å². The lowest BCUT2D eigenvalue weighted by molar-refractivity contribution is -0.135. The van der Waals surface area contributed by atoms with Gasteiger partial charge in [-0.05, 0) is 12.8 Å². The third-order valence-corrected chi connectivity index (χ3v) is 7.15. The van der Waals surface area contributed by atoms with Crippen LogP contribution in [0, 0.1) is 5.92 Å². The summed E-state index contributed by atoms with van der Waals surface area (Å²) in [6, 6.07) is 1.85. The average molecular weight is 422 g/mol. The number of nitrogens with one attached hydrogen (secondary N) is 1. The van der Waals surface area contributed by atoms with Crippen LogP contribution in [0.5, 0.6) is 0 Å². The maximum atomic E-state index is 13.1.